The van der Waals surface area contributed by atoms with E-state index in [1.165, 1.54) is 0 Å². The van der Waals surface area contributed by atoms with Gasteiger partial charge in [-0.2, -0.15) is 0 Å². The summed E-state index contributed by atoms with van der Waals surface area (Å²) in [6.07, 6.45) is 8.51. The van der Waals surface area contributed by atoms with E-state index in [0.717, 1.165) is 24.1 Å². The molecule has 0 radical (unpaired) electrons. The van der Waals surface area contributed by atoms with Gasteiger partial charge in [0.25, 0.3) is 5.91 Å². The molecule has 34 heavy (non-hydrogen) atoms. The molecule has 2 aliphatic rings. The Labute approximate surface area is 215 Å². The van der Waals surface area contributed by atoms with Crippen LogP contribution in [0.1, 0.15) is 24.5 Å². The second kappa shape index (κ2) is 10.7. The van der Waals surface area contributed by atoms with Gasteiger partial charge in [-0.15, -0.1) is 0 Å². The van der Waals surface area contributed by atoms with Crippen molar-refractivity contribution in [1.29, 1.82) is 0 Å². The van der Waals surface area contributed by atoms with Gasteiger partial charge in [-0.05, 0) is 55.7 Å². The van der Waals surface area contributed by atoms with Crippen molar-refractivity contribution in [3.05, 3.63) is 87.9 Å². The number of fused-ring (bicyclic) bond motifs is 1. The minimum Gasteiger partial charge on any atom is -0.349 e. The van der Waals surface area contributed by atoms with Crippen LogP contribution in [0.2, 0.25) is 10.0 Å². The number of nitrogens with zero attached hydrogens (tertiary/aromatic N) is 3. The maximum atomic E-state index is 13.5. The van der Waals surface area contributed by atoms with Gasteiger partial charge in [-0.25, -0.2) is 4.99 Å². The third-order valence-electron chi connectivity index (χ3n) is 5.98. The highest BCUT2D eigenvalue weighted by molar-refractivity contribution is 7.80. The van der Waals surface area contributed by atoms with Gasteiger partial charge in [0.15, 0.2) is 5.11 Å². The van der Waals surface area contributed by atoms with Gasteiger partial charge in [0.05, 0.1) is 11.4 Å². The Bertz CT molecular complexity index is 1190. The number of nitrogens with one attached hydrogen (secondary N) is 1. The number of thiocarbonyl (C=S) groups is 1. The van der Waals surface area contributed by atoms with Crippen LogP contribution in [0, 0.1) is 5.92 Å². The van der Waals surface area contributed by atoms with Gasteiger partial charge in [0.1, 0.15) is 0 Å². The summed E-state index contributed by atoms with van der Waals surface area (Å²) < 4.78 is 0. The lowest BCUT2D eigenvalue weighted by molar-refractivity contribution is -0.119. The first kappa shape index (κ1) is 24.5. The normalized spacial score (nSPS) is 19.4. The molecule has 0 fully saturated rings. The maximum absolute atomic E-state index is 13.5. The van der Waals surface area contributed by atoms with Gasteiger partial charge < -0.3 is 15.1 Å². The molecule has 0 saturated heterocycles. The number of aliphatic imine (C=N–C) groups is 1. The zero-order valence-corrected chi connectivity index (χ0v) is 21.4. The predicted molar refractivity (Wildman–Crippen MR) is 145 cm³/mol. The summed E-state index contributed by atoms with van der Waals surface area (Å²) in [7, 11) is 1.73. The van der Waals surface area contributed by atoms with Crippen LogP contribution in [0.25, 0.3) is 0 Å². The average molecular weight is 513 g/mol. The molecule has 1 heterocycles. The van der Waals surface area contributed by atoms with Gasteiger partial charge in [0.2, 0.25) is 6.17 Å². The van der Waals surface area contributed by atoms with Crippen molar-refractivity contribution in [2.75, 3.05) is 25.0 Å². The predicted octanol–water partition coefficient (Wildman–Crippen LogP) is 5.46. The summed E-state index contributed by atoms with van der Waals surface area (Å²) in [6, 6.07) is 12.8. The smallest absolute Gasteiger partial charge is 0.272 e. The second-order valence-corrected chi connectivity index (χ2v) is 9.45. The van der Waals surface area contributed by atoms with E-state index >= 15 is 0 Å². The molecular weight excluding hydrogens is 487 g/mol. The quantitative estimate of drug-likeness (QED) is 0.540. The molecule has 4 rings (SSSR count). The van der Waals surface area contributed by atoms with E-state index in [2.05, 4.69) is 34.5 Å². The fourth-order valence-electron chi connectivity index (χ4n) is 4.12. The van der Waals surface area contributed by atoms with Crippen LogP contribution in [-0.4, -0.2) is 47.9 Å². The third-order valence-corrected chi connectivity index (χ3v) is 6.92. The number of carbonyl (C=O) groups is 1. The minimum absolute atomic E-state index is 0.218. The monoisotopic (exact) mass is 512 g/mol. The number of anilines is 1. The maximum Gasteiger partial charge on any atom is 0.272 e. The molecule has 0 bridgehead atoms. The number of benzodiazepines with no additional fused rings is 1. The number of rotatable bonds is 5. The van der Waals surface area contributed by atoms with Gasteiger partial charge in [0, 0.05) is 41.3 Å². The lowest BCUT2D eigenvalue weighted by Gasteiger charge is -2.30. The molecule has 1 aliphatic heterocycles. The Balaban J connectivity index is 1.70. The zero-order chi connectivity index (χ0) is 24.2. The fourth-order valence-corrected chi connectivity index (χ4v) is 4.84. The number of hydrogen-bond acceptors (Lipinski definition) is 3. The second-order valence-electron chi connectivity index (χ2n) is 8.22. The number of amides is 1. The molecule has 2 unspecified atom stereocenters. The molecule has 176 valence electrons. The lowest BCUT2D eigenvalue weighted by atomic mass is 10.00. The Morgan fingerprint density at radius 1 is 1.21 bits per heavy atom. The van der Waals surface area contributed by atoms with E-state index in [1.54, 1.807) is 24.1 Å². The molecule has 1 amide bonds. The van der Waals surface area contributed by atoms with Crippen molar-refractivity contribution >= 4 is 57.8 Å². The van der Waals surface area contributed by atoms with Crippen molar-refractivity contribution < 1.29 is 4.79 Å². The molecule has 2 atom stereocenters. The third kappa shape index (κ3) is 5.19. The van der Waals surface area contributed by atoms with Crippen molar-refractivity contribution in [3.8, 4) is 0 Å². The van der Waals surface area contributed by atoms with E-state index in [1.807, 2.05) is 37.3 Å². The summed E-state index contributed by atoms with van der Waals surface area (Å²) in [5.74, 6) is 0.148. The van der Waals surface area contributed by atoms with Crippen molar-refractivity contribution in [2.24, 2.45) is 10.9 Å². The largest absolute Gasteiger partial charge is 0.349 e. The zero-order valence-electron chi connectivity index (χ0n) is 19.0. The number of benzene rings is 2. The van der Waals surface area contributed by atoms with Crippen LogP contribution in [0.15, 0.2) is 71.8 Å². The number of carbonyl (C=O) groups excluding carboxylic acids is 1. The molecule has 8 heteroatoms. The van der Waals surface area contributed by atoms with Crippen LogP contribution in [0.3, 0.4) is 0 Å². The first-order valence-electron chi connectivity index (χ1n) is 11.2. The number of allylic oxidation sites excluding steroid dienone is 3. The highest BCUT2D eigenvalue weighted by Crippen LogP contribution is 2.31. The number of hydrogen-bond donors (Lipinski definition) is 1. The molecule has 2 aromatic rings. The Kier molecular flexibility index (Phi) is 7.71. The van der Waals surface area contributed by atoms with Crippen LogP contribution >= 0.6 is 35.4 Å². The molecule has 1 aliphatic carbocycles. The van der Waals surface area contributed by atoms with E-state index in [-0.39, 0.29) is 5.91 Å². The van der Waals surface area contributed by atoms with Crippen molar-refractivity contribution in [3.63, 3.8) is 0 Å². The summed E-state index contributed by atoms with van der Waals surface area (Å²) in [4.78, 5) is 22.0. The highest BCUT2D eigenvalue weighted by Gasteiger charge is 2.32. The standard InChI is InChI=1S/C26H26Cl2N4OS/c1-3-32(16-17-9-5-4-6-10-17)26(34)30-24-25(33)31(2)22-14-13-18(27)15-20(22)23(29-24)19-11-7-8-12-21(19)28/h4-9,11-15,17,24H,3,10,16H2,1-2H3,(H,30,34). The first-order valence-corrected chi connectivity index (χ1v) is 12.3. The van der Waals surface area contributed by atoms with E-state index in [0.29, 0.717) is 39.0 Å². The number of halogens is 2. The van der Waals surface area contributed by atoms with Gasteiger partial charge in [-0.3, -0.25) is 4.79 Å². The molecule has 0 aromatic heterocycles. The van der Waals surface area contributed by atoms with E-state index in [4.69, 9.17) is 40.4 Å². The molecule has 0 spiro atoms. The molecule has 2 aromatic carbocycles. The summed E-state index contributed by atoms with van der Waals surface area (Å²) in [6.45, 7) is 3.53. The average Bonchev–Trinajstić information content (AvgIpc) is 2.94. The van der Waals surface area contributed by atoms with Crippen molar-refractivity contribution in [1.82, 2.24) is 10.2 Å². The van der Waals surface area contributed by atoms with Crippen LogP contribution < -0.4 is 10.2 Å². The Morgan fingerprint density at radius 3 is 2.71 bits per heavy atom. The molecule has 0 saturated carbocycles. The summed E-state index contributed by atoms with van der Waals surface area (Å²) >= 11 is 18.6. The molecular formula is C26H26Cl2N4OS. The SMILES string of the molecule is CCN(CC1C=CC=CC1)C(=S)NC1N=C(c2ccccc2Cl)c2cc(Cl)ccc2N(C)C1=O. The Hall–Kier alpha value is -2.67. The van der Waals surface area contributed by atoms with Crippen LogP contribution in [-0.2, 0) is 4.79 Å². The van der Waals surface area contributed by atoms with Gasteiger partial charge >= 0.3 is 0 Å². The number of likely N-dealkylation sites (N-methyl/N-ethyl adjacent to an activating group) is 1. The Morgan fingerprint density at radius 2 is 2.00 bits per heavy atom. The van der Waals surface area contributed by atoms with Crippen LogP contribution in [0.4, 0.5) is 5.69 Å². The molecule has 1 N–H and O–H groups in total. The fraction of sp³-hybridized carbons (Fsp3) is 0.269. The summed E-state index contributed by atoms with van der Waals surface area (Å²) in [5, 5.41) is 4.79. The molecule has 5 nitrogen and oxygen atoms in total. The van der Waals surface area contributed by atoms with Crippen molar-refractivity contribution in [2.45, 2.75) is 19.5 Å². The lowest BCUT2D eigenvalue weighted by Crippen LogP contribution is -2.51. The minimum atomic E-state index is -0.911. The van der Waals surface area contributed by atoms with Crippen LogP contribution in [0.5, 0.6) is 0 Å². The van der Waals surface area contributed by atoms with E-state index in [9.17, 15) is 4.79 Å². The first-order chi connectivity index (χ1) is 16.4. The highest BCUT2D eigenvalue weighted by atomic mass is 35.5. The van der Waals surface area contributed by atoms with E-state index < -0.39 is 6.17 Å². The summed E-state index contributed by atoms with van der Waals surface area (Å²) in [5.41, 5.74) is 2.75. The van der Waals surface area contributed by atoms with Gasteiger partial charge in [-0.1, -0.05) is 65.7 Å². The topological polar surface area (TPSA) is 47.9 Å².